The van der Waals surface area contributed by atoms with Crippen LogP contribution < -0.4 is 16.4 Å². The van der Waals surface area contributed by atoms with Crippen LogP contribution in [-0.4, -0.2) is 30.6 Å². The van der Waals surface area contributed by atoms with Crippen LogP contribution >= 0.6 is 0 Å². The molecule has 1 aliphatic heterocycles. The molecular formula is C13H25N3O. The van der Waals surface area contributed by atoms with Crippen molar-refractivity contribution in [3.05, 3.63) is 0 Å². The summed E-state index contributed by atoms with van der Waals surface area (Å²) in [6.45, 7) is 3.66. The Morgan fingerprint density at radius 1 is 1.41 bits per heavy atom. The number of rotatable bonds is 3. The number of nitrogens with one attached hydrogen (secondary N) is 2. The maximum absolute atomic E-state index is 12.3. The summed E-state index contributed by atoms with van der Waals surface area (Å²) in [5.41, 5.74) is 5.38. The average molecular weight is 239 g/mol. The molecule has 17 heavy (non-hydrogen) atoms. The van der Waals surface area contributed by atoms with Gasteiger partial charge < -0.3 is 16.4 Å². The smallest absolute Gasteiger partial charge is 0.240 e. The summed E-state index contributed by atoms with van der Waals surface area (Å²) >= 11 is 0. The molecule has 1 saturated carbocycles. The van der Waals surface area contributed by atoms with Crippen LogP contribution in [0.2, 0.25) is 0 Å². The Kier molecular flexibility index (Phi) is 4.05. The van der Waals surface area contributed by atoms with Gasteiger partial charge in [0, 0.05) is 6.04 Å². The molecule has 0 radical (unpaired) electrons. The Morgan fingerprint density at radius 3 is 2.88 bits per heavy atom. The molecule has 3 unspecified atom stereocenters. The van der Waals surface area contributed by atoms with Crippen molar-refractivity contribution >= 4 is 5.91 Å². The summed E-state index contributed by atoms with van der Waals surface area (Å²) in [6.07, 6.45) is 6.70. The summed E-state index contributed by atoms with van der Waals surface area (Å²) in [4.78, 5) is 12.3. The van der Waals surface area contributed by atoms with Gasteiger partial charge in [-0.05, 0) is 58.0 Å². The Hall–Kier alpha value is -0.610. The molecule has 1 amide bonds. The summed E-state index contributed by atoms with van der Waals surface area (Å²) in [5.74, 6) is 0.647. The lowest BCUT2D eigenvalue weighted by Gasteiger charge is -2.35. The maximum Gasteiger partial charge on any atom is 0.240 e. The molecule has 4 heteroatoms. The predicted octanol–water partition coefficient (Wildman–Crippen LogP) is 0.762. The highest BCUT2D eigenvalue weighted by Crippen LogP contribution is 2.26. The lowest BCUT2D eigenvalue weighted by molar-refractivity contribution is -0.128. The second-order valence-corrected chi connectivity index (χ2v) is 5.72. The summed E-state index contributed by atoms with van der Waals surface area (Å²) < 4.78 is 0. The van der Waals surface area contributed by atoms with E-state index in [0.29, 0.717) is 18.5 Å². The lowest BCUT2D eigenvalue weighted by Crippen LogP contribution is -2.59. The van der Waals surface area contributed by atoms with Gasteiger partial charge in [-0.25, -0.2) is 0 Å². The largest absolute Gasteiger partial charge is 0.351 e. The minimum Gasteiger partial charge on any atom is -0.351 e. The van der Waals surface area contributed by atoms with E-state index in [1.165, 1.54) is 12.8 Å². The molecular weight excluding hydrogens is 214 g/mol. The second-order valence-electron chi connectivity index (χ2n) is 5.72. The molecule has 98 valence electrons. The molecule has 0 aromatic heterocycles. The normalized spacial score (nSPS) is 38.0. The third-order valence-electron chi connectivity index (χ3n) is 4.40. The van der Waals surface area contributed by atoms with E-state index >= 15 is 0 Å². The molecule has 3 atom stereocenters. The highest BCUT2D eigenvalue weighted by atomic mass is 16.2. The number of amides is 1. The molecule has 2 fully saturated rings. The zero-order valence-corrected chi connectivity index (χ0v) is 10.8. The fraction of sp³-hybridized carbons (Fsp3) is 0.923. The first-order valence-electron chi connectivity index (χ1n) is 6.92. The van der Waals surface area contributed by atoms with Crippen LogP contribution in [0.5, 0.6) is 0 Å². The standard InChI is InChI=1S/C13H25N3O/c1-13(7-2-3-8-15-13)12(17)16-11-6-4-5-10(11)9-14/h10-11,15H,2-9,14H2,1H3,(H,16,17). The van der Waals surface area contributed by atoms with Gasteiger partial charge in [0.25, 0.3) is 0 Å². The van der Waals surface area contributed by atoms with Crippen molar-refractivity contribution in [1.29, 1.82) is 0 Å². The monoisotopic (exact) mass is 239 g/mol. The van der Waals surface area contributed by atoms with E-state index in [1.54, 1.807) is 0 Å². The number of carbonyl (C=O) groups is 1. The average Bonchev–Trinajstić information content (AvgIpc) is 2.77. The van der Waals surface area contributed by atoms with Crippen LogP contribution in [0.1, 0.15) is 45.4 Å². The van der Waals surface area contributed by atoms with Gasteiger partial charge in [0.1, 0.15) is 0 Å². The molecule has 0 aromatic carbocycles. The van der Waals surface area contributed by atoms with E-state index in [0.717, 1.165) is 32.2 Å². The van der Waals surface area contributed by atoms with Gasteiger partial charge in [-0.2, -0.15) is 0 Å². The SMILES string of the molecule is CC1(C(=O)NC2CCCC2CN)CCCCN1. The number of carbonyl (C=O) groups excluding carboxylic acids is 1. The Morgan fingerprint density at radius 2 is 2.24 bits per heavy atom. The van der Waals surface area contributed by atoms with E-state index in [9.17, 15) is 4.79 Å². The van der Waals surface area contributed by atoms with Crippen molar-refractivity contribution in [2.75, 3.05) is 13.1 Å². The predicted molar refractivity (Wildman–Crippen MR) is 68.6 cm³/mol. The first-order valence-corrected chi connectivity index (χ1v) is 6.92. The topological polar surface area (TPSA) is 67.2 Å². The quantitative estimate of drug-likeness (QED) is 0.681. The number of hydrogen-bond donors (Lipinski definition) is 3. The third kappa shape index (κ3) is 2.80. The zero-order valence-electron chi connectivity index (χ0n) is 10.8. The molecule has 0 bridgehead atoms. The van der Waals surface area contributed by atoms with Gasteiger partial charge in [0.15, 0.2) is 0 Å². The molecule has 1 saturated heterocycles. The van der Waals surface area contributed by atoms with E-state index in [4.69, 9.17) is 5.73 Å². The van der Waals surface area contributed by atoms with Gasteiger partial charge in [-0.1, -0.05) is 6.42 Å². The Bertz CT molecular complexity index is 274. The third-order valence-corrected chi connectivity index (χ3v) is 4.40. The van der Waals surface area contributed by atoms with Crippen molar-refractivity contribution in [2.24, 2.45) is 11.7 Å². The number of piperidine rings is 1. The number of nitrogens with two attached hydrogens (primary N) is 1. The van der Waals surface area contributed by atoms with Gasteiger partial charge in [-0.15, -0.1) is 0 Å². The molecule has 2 aliphatic rings. The van der Waals surface area contributed by atoms with Gasteiger partial charge in [0.2, 0.25) is 5.91 Å². The fourth-order valence-electron chi connectivity index (χ4n) is 3.09. The van der Waals surface area contributed by atoms with Crippen molar-refractivity contribution < 1.29 is 4.79 Å². The summed E-state index contributed by atoms with van der Waals surface area (Å²) in [6, 6.07) is 0.299. The van der Waals surface area contributed by atoms with E-state index in [1.807, 2.05) is 6.92 Å². The minimum absolute atomic E-state index is 0.169. The van der Waals surface area contributed by atoms with Crippen LogP contribution in [0.25, 0.3) is 0 Å². The molecule has 2 rings (SSSR count). The molecule has 4 nitrogen and oxygen atoms in total. The first kappa shape index (κ1) is 12.8. The highest BCUT2D eigenvalue weighted by Gasteiger charge is 2.37. The zero-order chi connectivity index (χ0) is 12.3. The van der Waals surface area contributed by atoms with Crippen molar-refractivity contribution in [2.45, 2.75) is 57.0 Å². The molecule has 4 N–H and O–H groups in total. The Labute approximate surface area is 104 Å². The van der Waals surface area contributed by atoms with Gasteiger partial charge in [-0.3, -0.25) is 4.79 Å². The van der Waals surface area contributed by atoms with Crippen LogP contribution in [-0.2, 0) is 4.79 Å². The van der Waals surface area contributed by atoms with Crippen molar-refractivity contribution in [3.63, 3.8) is 0 Å². The highest BCUT2D eigenvalue weighted by molar-refractivity contribution is 5.86. The first-order chi connectivity index (χ1) is 8.15. The summed E-state index contributed by atoms with van der Waals surface area (Å²) in [5, 5.41) is 6.57. The second kappa shape index (κ2) is 5.36. The van der Waals surface area contributed by atoms with E-state index in [2.05, 4.69) is 10.6 Å². The van der Waals surface area contributed by atoms with Crippen molar-refractivity contribution in [3.8, 4) is 0 Å². The minimum atomic E-state index is -0.361. The molecule has 1 aliphatic carbocycles. The van der Waals surface area contributed by atoms with Gasteiger partial charge >= 0.3 is 0 Å². The van der Waals surface area contributed by atoms with E-state index < -0.39 is 0 Å². The van der Waals surface area contributed by atoms with E-state index in [-0.39, 0.29) is 11.4 Å². The summed E-state index contributed by atoms with van der Waals surface area (Å²) in [7, 11) is 0. The van der Waals surface area contributed by atoms with Crippen molar-refractivity contribution in [1.82, 2.24) is 10.6 Å². The maximum atomic E-state index is 12.3. The lowest BCUT2D eigenvalue weighted by atomic mass is 9.89. The Balaban J connectivity index is 1.91. The molecule has 0 aromatic rings. The van der Waals surface area contributed by atoms with Gasteiger partial charge in [0.05, 0.1) is 5.54 Å². The number of hydrogen-bond acceptors (Lipinski definition) is 3. The van der Waals surface area contributed by atoms with Crippen LogP contribution in [0, 0.1) is 5.92 Å². The molecule has 0 spiro atoms. The van der Waals surface area contributed by atoms with Crippen LogP contribution in [0.15, 0.2) is 0 Å². The van der Waals surface area contributed by atoms with Crippen LogP contribution in [0.3, 0.4) is 0 Å². The fourth-order valence-corrected chi connectivity index (χ4v) is 3.09. The molecule has 1 heterocycles. The van der Waals surface area contributed by atoms with Crippen LogP contribution in [0.4, 0.5) is 0 Å².